The predicted molar refractivity (Wildman–Crippen MR) is 72.8 cm³/mol. The number of pyridine rings is 1. The number of rotatable bonds is 2. The molecule has 1 aromatic heterocycles. The van der Waals surface area contributed by atoms with Crippen LogP contribution in [0.5, 0.6) is 0 Å². The maximum absolute atomic E-state index is 12.0. The minimum Gasteiger partial charge on any atom is -0.399 e. The van der Waals surface area contributed by atoms with Crippen molar-refractivity contribution in [1.29, 1.82) is 0 Å². The van der Waals surface area contributed by atoms with Gasteiger partial charge in [-0.15, -0.1) is 0 Å². The molecule has 1 amide bonds. The Kier molecular flexibility index (Phi) is 3.48. The van der Waals surface area contributed by atoms with Crippen LogP contribution in [0.15, 0.2) is 36.5 Å². The molecule has 0 aliphatic rings. The van der Waals surface area contributed by atoms with Crippen LogP contribution >= 0.6 is 11.6 Å². The van der Waals surface area contributed by atoms with Crippen molar-refractivity contribution in [2.24, 2.45) is 0 Å². The summed E-state index contributed by atoms with van der Waals surface area (Å²) in [6, 6.07) is 8.48. The molecule has 1 aromatic carbocycles. The number of anilines is 2. The summed E-state index contributed by atoms with van der Waals surface area (Å²) in [5.74, 6) is -0.312. The van der Waals surface area contributed by atoms with Gasteiger partial charge in [-0.3, -0.25) is 9.78 Å². The third-order valence-electron chi connectivity index (χ3n) is 2.53. The second-order valence-electron chi connectivity index (χ2n) is 3.84. The van der Waals surface area contributed by atoms with Crippen LogP contribution in [0, 0.1) is 6.92 Å². The van der Waals surface area contributed by atoms with E-state index in [0.29, 0.717) is 16.4 Å². The molecule has 1 heterocycles. The predicted octanol–water partition coefficient (Wildman–Crippen LogP) is 2.88. The van der Waals surface area contributed by atoms with Crippen molar-refractivity contribution in [2.45, 2.75) is 6.92 Å². The fourth-order valence-electron chi connectivity index (χ4n) is 1.50. The molecule has 0 saturated carbocycles. The Labute approximate surface area is 110 Å². The summed E-state index contributed by atoms with van der Waals surface area (Å²) in [6.07, 6.45) is 1.50. The van der Waals surface area contributed by atoms with Crippen LogP contribution in [0.3, 0.4) is 0 Å². The van der Waals surface area contributed by atoms with Gasteiger partial charge >= 0.3 is 0 Å². The summed E-state index contributed by atoms with van der Waals surface area (Å²) in [4.78, 5) is 15.9. The number of hydrogen-bond acceptors (Lipinski definition) is 3. The molecule has 3 N–H and O–H groups in total. The van der Waals surface area contributed by atoms with Crippen LogP contribution in [-0.4, -0.2) is 10.9 Å². The first kappa shape index (κ1) is 12.4. The molecule has 18 heavy (non-hydrogen) atoms. The lowest BCUT2D eigenvalue weighted by molar-refractivity contribution is 0.102. The molecule has 0 aliphatic carbocycles. The molecule has 0 unspecified atom stereocenters. The van der Waals surface area contributed by atoms with Crippen molar-refractivity contribution in [3.05, 3.63) is 52.8 Å². The van der Waals surface area contributed by atoms with Crippen molar-refractivity contribution in [3.63, 3.8) is 0 Å². The van der Waals surface area contributed by atoms with Gasteiger partial charge in [0.1, 0.15) is 5.69 Å². The molecule has 0 saturated heterocycles. The van der Waals surface area contributed by atoms with E-state index >= 15 is 0 Å². The molecule has 92 valence electrons. The summed E-state index contributed by atoms with van der Waals surface area (Å²) >= 11 is 5.98. The molecule has 0 atom stereocenters. The van der Waals surface area contributed by atoms with E-state index in [4.69, 9.17) is 17.3 Å². The van der Waals surface area contributed by atoms with Crippen molar-refractivity contribution in [3.8, 4) is 0 Å². The highest BCUT2D eigenvalue weighted by Gasteiger charge is 2.10. The highest BCUT2D eigenvalue weighted by molar-refractivity contribution is 6.31. The molecule has 2 rings (SSSR count). The van der Waals surface area contributed by atoms with Crippen molar-refractivity contribution in [1.82, 2.24) is 4.98 Å². The fraction of sp³-hybridized carbons (Fsp3) is 0.0769. The first-order chi connectivity index (χ1) is 8.58. The van der Waals surface area contributed by atoms with E-state index in [2.05, 4.69) is 10.3 Å². The number of carbonyl (C=O) groups is 1. The van der Waals surface area contributed by atoms with Crippen LogP contribution in [0.1, 0.15) is 16.1 Å². The van der Waals surface area contributed by atoms with Gasteiger partial charge in [0.05, 0.1) is 0 Å². The number of nitrogens with two attached hydrogens (primary N) is 1. The standard InChI is InChI=1S/C13H12ClN3O/c1-8-10(14)3-2-4-11(8)17-13(18)12-7-9(15)5-6-16-12/h2-7H,1H3,(H2,15,16)(H,17,18). The molecule has 4 nitrogen and oxygen atoms in total. The Morgan fingerprint density at radius 1 is 1.39 bits per heavy atom. The van der Waals surface area contributed by atoms with Gasteiger partial charge in [0, 0.05) is 22.6 Å². The zero-order valence-electron chi connectivity index (χ0n) is 9.77. The Morgan fingerprint density at radius 3 is 2.89 bits per heavy atom. The van der Waals surface area contributed by atoms with Crippen molar-refractivity contribution < 1.29 is 4.79 Å². The van der Waals surface area contributed by atoms with Gasteiger partial charge in [-0.25, -0.2) is 0 Å². The molecule has 5 heteroatoms. The van der Waals surface area contributed by atoms with E-state index < -0.39 is 0 Å². The lowest BCUT2D eigenvalue weighted by Crippen LogP contribution is -2.14. The van der Waals surface area contributed by atoms with Gasteiger partial charge in [-0.1, -0.05) is 17.7 Å². The smallest absolute Gasteiger partial charge is 0.274 e. The number of nitrogen functional groups attached to an aromatic ring is 1. The van der Waals surface area contributed by atoms with Crippen LogP contribution < -0.4 is 11.1 Å². The number of halogens is 1. The first-order valence-corrected chi connectivity index (χ1v) is 5.73. The topological polar surface area (TPSA) is 68.0 Å². The number of nitrogens with zero attached hydrogens (tertiary/aromatic N) is 1. The molecule has 0 aliphatic heterocycles. The highest BCUT2D eigenvalue weighted by Crippen LogP contribution is 2.23. The second kappa shape index (κ2) is 5.06. The molecule has 0 fully saturated rings. The summed E-state index contributed by atoms with van der Waals surface area (Å²) in [6.45, 7) is 1.84. The zero-order valence-corrected chi connectivity index (χ0v) is 10.5. The summed E-state index contributed by atoms with van der Waals surface area (Å²) in [5, 5.41) is 3.36. The Morgan fingerprint density at radius 2 is 2.17 bits per heavy atom. The normalized spacial score (nSPS) is 10.1. The lowest BCUT2D eigenvalue weighted by atomic mass is 10.2. The molecule has 2 aromatic rings. The maximum atomic E-state index is 12.0. The van der Waals surface area contributed by atoms with E-state index in [1.165, 1.54) is 12.3 Å². The summed E-state index contributed by atoms with van der Waals surface area (Å²) in [7, 11) is 0. The number of hydrogen-bond donors (Lipinski definition) is 2. The van der Waals surface area contributed by atoms with Crippen LogP contribution in [0.4, 0.5) is 11.4 Å². The Bertz CT molecular complexity index is 599. The molecule has 0 spiro atoms. The SMILES string of the molecule is Cc1c(Cl)cccc1NC(=O)c1cc(N)ccn1. The molecule has 0 radical (unpaired) electrons. The number of benzene rings is 1. The molecular formula is C13H12ClN3O. The van der Waals surface area contributed by atoms with Crippen LogP contribution in [0.2, 0.25) is 5.02 Å². The Hall–Kier alpha value is -2.07. The minimum absolute atomic E-state index is 0.273. The minimum atomic E-state index is -0.312. The van der Waals surface area contributed by atoms with Crippen LogP contribution in [0.25, 0.3) is 0 Å². The second-order valence-corrected chi connectivity index (χ2v) is 4.25. The number of aromatic nitrogens is 1. The van der Waals surface area contributed by atoms with Gasteiger partial charge in [0.2, 0.25) is 0 Å². The van der Waals surface area contributed by atoms with E-state index in [0.717, 1.165) is 5.56 Å². The summed E-state index contributed by atoms with van der Waals surface area (Å²) in [5.41, 5.74) is 7.85. The third-order valence-corrected chi connectivity index (χ3v) is 2.94. The van der Waals surface area contributed by atoms with Gasteiger partial charge in [0.15, 0.2) is 0 Å². The molecule has 0 bridgehead atoms. The van der Waals surface area contributed by atoms with Crippen molar-refractivity contribution in [2.75, 3.05) is 11.1 Å². The van der Waals surface area contributed by atoms with E-state index in [-0.39, 0.29) is 11.6 Å². The monoisotopic (exact) mass is 261 g/mol. The number of nitrogens with one attached hydrogen (secondary N) is 1. The highest BCUT2D eigenvalue weighted by atomic mass is 35.5. The number of carbonyl (C=O) groups excluding carboxylic acids is 1. The average molecular weight is 262 g/mol. The summed E-state index contributed by atoms with van der Waals surface area (Å²) < 4.78 is 0. The van der Waals surface area contributed by atoms with E-state index in [9.17, 15) is 4.79 Å². The zero-order chi connectivity index (χ0) is 13.1. The Balaban J connectivity index is 2.24. The lowest BCUT2D eigenvalue weighted by Gasteiger charge is -2.09. The van der Waals surface area contributed by atoms with Crippen LogP contribution in [-0.2, 0) is 0 Å². The van der Waals surface area contributed by atoms with Gasteiger partial charge < -0.3 is 11.1 Å². The average Bonchev–Trinajstić information content (AvgIpc) is 2.35. The van der Waals surface area contributed by atoms with Gasteiger partial charge in [0.25, 0.3) is 5.91 Å². The van der Waals surface area contributed by atoms with E-state index in [1.807, 2.05) is 6.92 Å². The quantitative estimate of drug-likeness (QED) is 0.873. The number of amides is 1. The van der Waals surface area contributed by atoms with E-state index in [1.54, 1.807) is 24.3 Å². The van der Waals surface area contributed by atoms with Crippen molar-refractivity contribution >= 4 is 28.9 Å². The third kappa shape index (κ3) is 2.60. The van der Waals surface area contributed by atoms with Gasteiger partial charge in [-0.2, -0.15) is 0 Å². The van der Waals surface area contributed by atoms with Gasteiger partial charge in [-0.05, 0) is 36.8 Å². The maximum Gasteiger partial charge on any atom is 0.274 e. The largest absolute Gasteiger partial charge is 0.399 e. The fourth-order valence-corrected chi connectivity index (χ4v) is 1.67. The molecular weight excluding hydrogens is 250 g/mol. The first-order valence-electron chi connectivity index (χ1n) is 5.36.